The van der Waals surface area contributed by atoms with Crippen molar-refractivity contribution in [2.45, 2.75) is 24.2 Å². The zero-order chi connectivity index (χ0) is 13.2. The molecule has 0 aromatic heterocycles. The third kappa shape index (κ3) is 1.19. The number of hydrogen-bond acceptors (Lipinski definition) is 2. The van der Waals surface area contributed by atoms with Crippen molar-refractivity contribution in [1.29, 1.82) is 0 Å². The van der Waals surface area contributed by atoms with Crippen molar-refractivity contribution in [2.75, 3.05) is 14.1 Å². The first-order chi connectivity index (χ1) is 6.81. The molecule has 0 aromatic rings. The van der Waals surface area contributed by atoms with E-state index in [4.69, 9.17) is 0 Å². The van der Waals surface area contributed by atoms with Gasteiger partial charge >= 0.3 is 24.2 Å². The van der Waals surface area contributed by atoms with Crippen molar-refractivity contribution in [2.24, 2.45) is 0 Å². The van der Waals surface area contributed by atoms with Crippen LogP contribution < -0.4 is 0 Å². The highest BCUT2D eigenvalue weighted by Gasteiger charge is 2.82. The van der Waals surface area contributed by atoms with Crippen LogP contribution in [-0.4, -0.2) is 48.1 Å². The maximum absolute atomic E-state index is 12.8. The molecule has 1 aliphatic heterocycles. The first-order valence-electron chi connectivity index (χ1n) is 3.80. The molecule has 0 aromatic carbocycles. The molecule has 10 heteroatoms. The Morgan fingerprint density at radius 1 is 0.500 bits per heavy atom. The second kappa shape index (κ2) is 2.97. The largest absolute Gasteiger partial charge is 0.387 e. The van der Waals surface area contributed by atoms with Gasteiger partial charge in [0, 0.05) is 0 Å². The molecular weight excluding hydrogens is 252 g/mol. The summed E-state index contributed by atoms with van der Waals surface area (Å²) in [6.45, 7) is 0. The molecule has 0 radical (unpaired) electrons. The van der Waals surface area contributed by atoms with Crippen LogP contribution in [0.2, 0.25) is 0 Å². The average Bonchev–Trinajstić information content (AvgIpc) is 2.13. The Bertz CT molecular complexity index is 243. The third-order valence-electron chi connectivity index (χ3n) is 2.41. The van der Waals surface area contributed by atoms with E-state index in [2.05, 4.69) is 0 Å². The van der Waals surface area contributed by atoms with E-state index in [-0.39, 0.29) is 14.1 Å². The maximum Gasteiger partial charge on any atom is 0.387 e. The van der Waals surface area contributed by atoms with E-state index in [1.807, 2.05) is 0 Å². The minimum absolute atomic E-state index is 0.200. The zero-order valence-electron chi connectivity index (χ0n) is 7.92. The fourth-order valence-corrected chi connectivity index (χ4v) is 1.16. The van der Waals surface area contributed by atoms with E-state index < -0.39 is 34.0 Å². The number of nitrogens with zero attached hydrogens (tertiary/aromatic N) is 2. The average molecular weight is 258 g/mol. The normalized spacial score (nSPS) is 32.6. The quantitative estimate of drug-likeness (QED) is 0.485. The first-order valence-corrected chi connectivity index (χ1v) is 3.80. The number of likely N-dealkylation sites (N-methyl/N-ethyl adjacent to an activating group) is 2. The lowest BCUT2D eigenvalue weighted by atomic mass is 10.2. The van der Waals surface area contributed by atoms with E-state index in [0.717, 1.165) is 0 Å². The molecule has 96 valence electrons. The van der Waals surface area contributed by atoms with Gasteiger partial charge in [-0.2, -0.15) is 44.9 Å². The van der Waals surface area contributed by atoms with Crippen molar-refractivity contribution < 1.29 is 35.1 Å². The molecule has 0 unspecified atom stereocenters. The highest BCUT2D eigenvalue weighted by molar-refractivity contribution is 5.00. The molecule has 0 N–H and O–H groups in total. The summed E-state index contributed by atoms with van der Waals surface area (Å²) in [6.07, 6.45) is 0. The molecule has 16 heavy (non-hydrogen) atoms. The van der Waals surface area contributed by atoms with Crippen molar-refractivity contribution in [3.63, 3.8) is 0 Å². The van der Waals surface area contributed by atoms with Gasteiger partial charge in [0.1, 0.15) is 0 Å². The number of rotatable bonds is 0. The summed E-state index contributed by atoms with van der Waals surface area (Å²) in [4.78, 5) is -3.25. The van der Waals surface area contributed by atoms with Crippen LogP contribution in [0.5, 0.6) is 0 Å². The van der Waals surface area contributed by atoms with Crippen LogP contribution in [0, 0.1) is 0 Å². The van der Waals surface area contributed by atoms with Crippen LogP contribution in [0.3, 0.4) is 0 Å². The van der Waals surface area contributed by atoms with Gasteiger partial charge in [-0.3, -0.25) is 0 Å². The standard InChI is InChI=1S/C6H6F8N2/c1-15-3(7,8)5(11,12)16(2)6(13,14)4(15,9)10/h1-2H3. The summed E-state index contributed by atoms with van der Waals surface area (Å²) in [6, 6.07) is -21.6. The molecule has 0 spiro atoms. The van der Waals surface area contributed by atoms with Gasteiger partial charge in [0.15, 0.2) is 0 Å². The molecule has 0 bridgehead atoms. The van der Waals surface area contributed by atoms with Gasteiger partial charge in [0.2, 0.25) is 0 Å². The van der Waals surface area contributed by atoms with Crippen LogP contribution in [-0.2, 0) is 0 Å². The topological polar surface area (TPSA) is 6.48 Å². The molecule has 1 aliphatic rings. The first kappa shape index (κ1) is 13.4. The van der Waals surface area contributed by atoms with Gasteiger partial charge in [0.05, 0.1) is 0 Å². The van der Waals surface area contributed by atoms with Crippen LogP contribution >= 0.6 is 0 Å². The molecule has 2 nitrogen and oxygen atoms in total. The highest BCUT2D eigenvalue weighted by Crippen LogP contribution is 2.55. The SMILES string of the molecule is CN1C(F)(F)C(F)(F)N(C)C(F)(F)C1(F)F. The van der Waals surface area contributed by atoms with E-state index in [1.165, 1.54) is 0 Å². The molecule has 1 saturated heterocycles. The lowest BCUT2D eigenvalue weighted by molar-refractivity contribution is -0.497. The second-order valence-corrected chi connectivity index (χ2v) is 3.28. The van der Waals surface area contributed by atoms with Gasteiger partial charge in [-0.1, -0.05) is 0 Å². The maximum atomic E-state index is 12.8. The number of piperazine rings is 1. The van der Waals surface area contributed by atoms with Crippen LogP contribution in [0.4, 0.5) is 35.1 Å². The van der Waals surface area contributed by atoms with Gasteiger partial charge < -0.3 is 0 Å². The van der Waals surface area contributed by atoms with E-state index in [9.17, 15) is 35.1 Å². The molecule has 1 heterocycles. The summed E-state index contributed by atoms with van der Waals surface area (Å²) in [5.41, 5.74) is 0. The molecule has 0 atom stereocenters. The molecule has 1 rings (SSSR count). The lowest BCUT2D eigenvalue weighted by Crippen LogP contribution is -2.79. The van der Waals surface area contributed by atoms with E-state index >= 15 is 0 Å². The fraction of sp³-hybridized carbons (Fsp3) is 1.00. The second-order valence-electron chi connectivity index (χ2n) is 3.28. The van der Waals surface area contributed by atoms with Crippen LogP contribution in [0.15, 0.2) is 0 Å². The van der Waals surface area contributed by atoms with Gasteiger partial charge in [0.25, 0.3) is 0 Å². The van der Waals surface area contributed by atoms with Crippen LogP contribution in [0.25, 0.3) is 0 Å². The number of alkyl halides is 8. The van der Waals surface area contributed by atoms with Crippen molar-refractivity contribution in [1.82, 2.24) is 9.80 Å². The summed E-state index contributed by atoms with van der Waals surface area (Å²) in [5, 5.41) is 0. The molecule has 1 fully saturated rings. The van der Waals surface area contributed by atoms with Crippen molar-refractivity contribution >= 4 is 0 Å². The summed E-state index contributed by atoms with van der Waals surface area (Å²) < 4.78 is 102. The molecule has 0 aliphatic carbocycles. The fourth-order valence-electron chi connectivity index (χ4n) is 1.16. The Morgan fingerprint density at radius 3 is 0.750 bits per heavy atom. The third-order valence-corrected chi connectivity index (χ3v) is 2.41. The molecular formula is C6H6F8N2. The Balaban J connectivity index is 3.39. The lowest BCUT2D eigenvalue weighted by Gasteiger charge is -2.51. The monoisotopic (exact) mass is 258 g/mol. The summed E-state index contributed by atoms with van der Waals surface area (Å²) >= 11 is 0. The summed E-state index contributed by atoms with van der Waals surface area (Å²) in [7, 11) is -0.399. The van der Waals surface area contributed by atoms with Crippen molar-refractivity contribution in [3.8, 4) is 0 Å². The Labute approximate surface area is 84.4 Å². The van der Waals surface area contributed by atoms with E-state index in [1.54, 1.807) is 0 Å². The predicted molar refractivity (Wildman–Crippen MR) is 35.3 cm³/mol. The van der Waals surface area contributed by atoms with Gasteiger partial charge in [-0.25, -0.2) is 0 Å². The Morgan fingerprint density at radius 2 is 0.625 bits per heavy atom. The predicted octanol–water partition coefficient (Wildman–Crippen LogP) is 2.23. The zero-order valence-corrected chi connectivity index (χ0v) is 7.92. The van der Waals surface area contributed by atoms with E-state index in [0.29, 0.717) is 0 Å². The molecule has 0 saturated carbocycles. The smallest absolute Gasteiger partial charge is 0.179 e. The minimum Gasteiger partial charge on any atom is -0.179 e. The number of halogens is 8. The highest BCUT2D eigenvalue weighted by atomic mass is 19.3. The minimum atomic E-state index is -5.41. The summed E-state index contributed by atoms with van der Waals surface area (Å²) in [5.74, 6) is 0. The van der Waals surface area contributed by atoms with Crippen LogP contribution in [0.1, 0.15) is 0 Å². The molecule has 0 amide bonds. The number of hydrogen-bond donors (Lipinski definition) is 0. The van der Waals surface area contributed by atoms with Gasteiger partial charge in [-0.05, 0) is 14.1 Å². The Kier molecular flexibility index (Phi) is 2.49. The van der Waals surface area contributed by atoms with Crippen molar-refractivity contribution in [3.05, 3.63) is 0 Å². The Hall–Kier alpha value is -0.640. The van der Waals surface area contributed by atoms with Gasteiger partial charge in [-0.15, -0.1) is 0 Å².